The third-order valence-corrected chi connectivity index (χ3v) is 2.55. The molecule has 0 aliphatic heterocycles. The fourth-order valence-electron chi connectivity index (χ4n) is 1.55. The van der Waals surface area contributed by atoms with Gasteiger partial charge in [0.2, 0.25) is 0 Å². The Hall–Kier alpha value is -1.95. The largest absolute Gasteiger partial charge is 0.466 e. The van der Waals surface area contributed by atoms with E-state index in [1.165, 1.54) is 18.2 Å². The zero-order chi connectivity index (χ0) is 14.3. The van der Waals surface area contributed by atoms with Crippen LogP contribution in [0.3, 0.4) is 0 Å². The number of carbonyl (C=O) groups excluding carboxylic acids is 1. The molecule has 1 aromatic rings. The number of non-ortho nitro benzene ring substituents is 1. The van der Waals surface area contributed by atoms with Gasteiger partial charge >= 0.3 is 5.97 Å². The molecule has 0 bridgehead atoms. The van der Waals surface area contributed by atoms with Crippen molar-refractivity contribution in [3.8, 4) is 0 Å². The molecule has 0 aliphatic rings. The number of hydrogen-bond donors (Lipinski definition) is 1. The number of esters is 1. The molecule has 1 N–H and O–H groups in total. The van der Waals surface area contributed by atoms with E-state index in [2.05, 4.69) is 0 Å². The molecule has 0 fully saturated rings. The summed E-state index contributed by atoms with van der Waals surface area (Å²) in [5.41, 5.74) is 0.350. The topological polar surface area (TPSA) is 89.7 Å². The first-order valence-corrected chi connectivity index (χ1v) is 6.12. The molecule has 0 radical (unpaired) electrons. The summed E-state index contributed by atoms with van der Waals surface area (Å²) in [4.78, 5) is 21.4. The Kier molecular flexibility index (Phi) is 5.95. The Morgan fingerprint density at radius 1 is 1.53 bits per heavy atom. The van der Waals surface area contributed by atoms with Crippen LogP contribution in [0, 0.1) is 10.1 Å². The van der Waals surface area contributed by atoms with Crippen LogP contribution in [0.1, 0.15) is 37.9 Å². The van der Waals surface area contributed by atoms with Crippen LogP contribution in [0.5, 0.6) is 0 Å². The summed E-state index contributed by atoms with van der Waals surface area (Å²) in [5, 5.41) is 20.5. The number of ether oxygens (including phenoxy) is 1. The second kappa shape index (κ2) is 7.48. The Labute approximate surface area is 111 Å². The number of rotatable bonds is 7. The Morgan fingerprint density at radius 3 is 2.89 bits per heavy atom. The monoisotopic (exact) mass is 267 g/mol. The molecule has 6 nitrogen and oxygen atoms in total. The molecule has 1 rings (SSSR count). The van der Waals surface area contributed by atoms with Gasteiger partial charge in [0.1, 0.15) is 0 Å². The molecule has 0 saturated carbocycles. The molecule has 0 saturated heterocycles. The number of aliphatic hydroxyl groups is 1. The molecule has 0 aliphatic carbocycles. The predicted octanol–water partition coefficient (Wildman–Crippen LogP) is 2.36. The van der Waals surface area contributed by atoms with Gasteiger partial charge in [-0.05, 0) is 18.4 Å². The lowest BCUT2D eigenvalue weighted by atomic mass is 10.0. The Bertz CT molecular complexity index is 446. The molecule has 0 aromatic heterocycles. The van der Waals surface area contributed by atoms with Crippen LogP contribution in [-0.4, -0.2) is 22.6 Å². The van der Waals surface area contributed by atoms with Gasteiger partial charge < -0.3 is 9.84 Å². The quantitative estimate of drug-likeness (QED) is 0.465. The van der Waals surface area contributed by atoms with Crippen molar-refractivity contribution in [2.75, 3.05) is 6.61 Å². The van der Waals surface area contributed by atoms with E-state index in [0.29, 0.717) is 12.2 Å². The van der Waals surface area contributed by atoms with Crippen LogP contribution in [-0.2, 0) is 9.53 Å². The van der Waals surface area contributed by atoms with E-state index in [1.807, 2.05) is 6.92 Å². The highest BCUT2D eigenvalue weighted by Crippen LogP contribution is 2.22. The van der Waals surface area contributed by atoms with Gasteiger partial charge in [-0.15, -0.1) is 0 Å². The predicted molar refractivity (Wildman–Crippen MR) is 68.5 cm³/mol. The number of nitrogens with zero attached hydrogens (tertiary/aromatic N) is 1. The molecule has 0 spiro atoms. The SMILES string of the molecule is CCCOC(=O)CCC(O)c1cccc([N+](=O)[O-])c1. The van der Waals surface area contributed by atoms with Crippen LogP contribution in [0.15, 0.2) is 24.3 Å². The minimum atomic E-state index is -0.908. The number of carbonyl (C=O) groups is 1. The van der Waals surface area contributed by atoms with Crippen molar-refractivity contribution in [2.45, 2.75) is 32.3 Å². The van der Waals surface area contributed by atoms with E-state index in [0.717, 1.165) is 6.42 Å². The molecule has 0 heterocycles. The zero-order valence-electron chi connectivity index (χ0n) is 10.7. The molecule has 0 amide bonds. The van der Waals surface area contributed by atoms with Crippen LogP contribution < -0.4 is 0 Å². The van der Waals surface area contributed by atoms with Gasteiger partial charge in [-0.25, -0.2) is 0 Å². The summed E-state index contributed by atoms with van der Waals surface area (Å²) in [5.74, 6) is -0.369. The van der Waals surface area contributed by atoms with Crippen molar-refractivity contribution in [1.29, 1.82) is 0 Å². The van der Waals surface area contributed by atoms with E-state index >= 15 is 0 Å². The van der Waals surface area contributed by atoms with Crippen LogP contribution in [0.2, 0.25) is 0 Å². The molecule has 6 heteroatoms. The maximum absolute atomic E-state index is 11.3. The molecule has 104 valence electrons. The molecular weight excluding hydrogens is 250 g/mol. The Balaban J connectivity index is 2.53. The normalized spacial score (nSPS) is 11.9. The molecule has 1 unspecified atom stereocenters. The van der Waals surface area contributed by atoms with Gasteiger partial charge in [0.05, 0.1) is 17.6 Å². The number of hydrogen-bond acceptors (Lipinski definition) is 5. The smallest absolute Gasteiger partial charge is 0.305 e. The summed E-state index contributed by atoms with van der Waals surface area (Å²) in [7, 11) is 0. The maximum atomic E-state index is 11.3. The van der Waals surface area contributed by atoms with E-state index < -0.39 is 11.0 Å². The molecular formula is C13H17NO5. The van der Waals surface area contributed by atoms with Crippen molar-refractivity contribution >= 4 is 11.7 Å². The highest BCUT2D eigenvalue weighted by molar-refractivity contribution is 5.69. The molecule has 1 aromatic carbocycles. The second-order valence-corrected chi connectivity index (χ2v) is 4.13. The number of aliphatic hydroxyl groups excluding tert-OH is 1. The summed E-state index contributed by atoms with van der Waals surface area (Å²) in [6.07, 6.45) is 0.112. The van der Waals surface area contributed by atoms with E-state index in [-0.39, 0.29) is 24.5 Å². The lowest BCUT2D eigenvalue weighted by Gasteiger charge is -2.10. The summed E-state index contributed by atoms with van der Waals surface area (Å²) < 4.78 is 4.88. The first-order chi connectivity index (χ1) is 9.04. The third kappa shape index (κ3) is 5.05. The van der Waals surface area contributed by atoms with Crippen molar-refractivity contribution < 1.29 is 19.6 Å². The zero-order valence-corrected chi connectivity index (χ0v) is 10.7. The second-order valence-electron chi connectivity index (χ2n) is 4.13. The van der Waals surface area contributed by atoms with Gasteiger partial charge in [0, 0.05) is 18.6 Å². The maximum Gasteiger partial charge on any atom is 0.305 e. The van der Waals surface area contributed by atoms with Crippen molar-refractivity contribution in [1.82, 2.24) is 0 Å². The number of nitro benzene ring substituents is 1. The highest BCUT2D eigenvalue weighted by atomic mass is 16.6. The van der Waals surface area contributed by atoms with E-state index in [4.69, 9.17) is 4.74 Å². The number of benzene rings is 1. The fourth-order valence-corrected chi connectivity index (χ4v) is 1.55. The van der Waals surface area contributed by atoms with Gasteiger partial charge in [-0.3, -0.25) is 14.9 Å². The fraction of sp³-hybridized carbons (Fsp3) is 0.462. The van der Waals surface area contributed by atoms with Gasteiger partial charge in [0.25, 0.3) is 5.69 Å². The van der Waals surface area contributed by atoms with Gasteiger partial charge in [0.15, 0.2) is 0 Å². The standard InChI is InChI=1S/C13H17NO5/c1-2-8-19-13(16)7-6-12(15)10-4-3-5-11(9-10)14(17)18/h3-5,9,12,15H,2,6-8H2,1H3. The summed E-state index contributed by atoms with van der Waals surface area (Å²) >= 11 is 0. The van der Waals surface area contributed by atoms with Crippen molar-refractivity contribution in [3.05, 3.63) is 39.9 Å². The van der Waals surface area contributed by atoms with E-state index in [9.17, 15) is 20.0 Å². The van der Waals surface area contributed by atoms with Gasteiger partial charge in [-0.2, -0.15) is 0 Å². The molecule has 19 heavy (non-hydrogen) atoms. The lowest BCUT2D eigenvalue weighted by Crippen LogP contribution is -2.08. The minimum Gasteiger partial charge on any atom is -0.466 e. The van der Waals surface area contributed by atoms with Crippen molar-refractivity contribution in [2.24, 2.45) is 0 Å². The average molecular weight is 267 g/mol. The van der Waals surface area contributed by atoms with Gasteiger partial charge in [-0.1, -0.05) is 19.1 Å². The van der Waals surface area contributed by atoms with Crippen LogP contribution in [0.25, 0.3) is 0 Å². The number of nitro groups is 1. The first-order valence-electron chi connectivity index (χ1n) is 6.12. The van der Waals surface area contributed by atoms with Crippen LogP contribution in [0.4, 0.5) is 5.69 Å². The van der Waals surface area contributed by atoms with Crippen LogP contribution >= 0.6 is 0 Å². The van der Waals surface area contributed by atoms with E-state index in [1.54, 1.807) is 6.07 Å². The Morgan fingerprint density at radius 2 is 2.26 bits per heavy atom. The lowest BCUT2D eigenvalue weighted by molar-refractivity contribution is -0.385. The third-order valence-electron chi connectivity index (χ3n) is 2.55. The minimum absolute atomic E-state index is 0.0786. The summed E-state index contributed by atoms with van der Waals surface area (Å²) in [6.45, 7) is 2.26. The molecule has 1 atom stereocenters. The van der Waals surface area contributed by atoms with Crippen molar-refractivity contribution in [3.63, 3.8) is 0 Å². The highest BCUT2D eigenvalue weighted by Gasteiger charge is 2.14. The first kappa shape index (κ1) is 15.1. The average Bonchev–Trinajstić information content (AvgIpc) is 2.42. The summed E-state index contributed by atoms with van der Waals surface area (Å²) in [6, 6.07) is 5.76.